The van der Waals surface area contributed by atoms with Gasteiger partial charge >= 0.3 is 6.18 Å². The van der Waals surface area contributed by atoms with E-state index >= 15 is 0 Å². The van der Waals surface area contributed by atoms with Crippen LogP contribution in [0.3, 0.4) is 0 Å². The van der Waals surface area contributed by atoms with Gasteiger partial charge in [0.2, 0.25) is 10.0 Å². The summed E-state index contributed by atoms with van der Waals surface area (Å²) in [5, 5.41) is 6.00. The van der Waals surface area contributed by atoms with E-state index in [0.717, 1.165) is 11.8 Å². The largest absolute Gasteiger partial charge is 0.411 e. The molecule has 0 fully saturated rings. The van der Waals surface area contributed by atoms with Gasteiger partial charge in [-0.2, -0.15) is 13.2 Å². The Kier molecular flexibility index (Phi) is 8.82. The number of nitrogens with one attached hydrogen (secondary N) is 3. The van der Waals surface area contributed by atoms with Crippen LogP contribution in [-0.4, -0.2) is 53.6 Å². The normalized spacial score (nSPS) is 12.9. The van der Waals surface area contributed by atoms with Crippen LogP contribution >= 0.6 is 0 Å². The summed E-state index contributed by atoms with van der Waals surface area (Å²) in [6.07, 6.45) is -3.25. The minimum absolute atomic E-state index is 0.107. The summed E-state index contributed by atoms with van der Waals surface area (Å²) in [7, 11) is -1.64. The number of rotatable bonds is 9. The van der Waals surface area contributed by atoms with Crippen molar-refractivity contribution >= 4 is 16.0 Å². The lowest BCUT2D eigenvalue weighted by Gasteiger charge is -2.12. The highest BCUT2D eigenvalue weighted by molar-refractivity contribution is 7.88. The van der Waals surface area contributed by atoms with Gasteiger partial charge in [-0.15, -0.1) is 0 Å². The zero-order chi connectivity index (χ0) is 19.6. The highest BCUT2D eigenvalue weighted by Crippen LogP contribution is 2.15. The van der Waals surface area contributed by atoms with Crippen molar-refractivity contribution in [1.82, 2.24) is 15.4 Å². The van der Waals surface area contributed by atoms with E-state index in [1.165, 1.54) is 0 Å². The minimum Gasteiger partial charge on any atom is -0.367 e. The molecular formula is C15H23F3N4O3S. The first-order chi connectivity index (χ1) is 12.1. The topological polar surface area (TPSA) is 91.8 Å². The SMILES string of the molecule is CN=C(NCCNS(C)(=O)=O)NCc1ccc(COCC(F)(F)F)cc1. The third kappa shape index (κ3) is 10.9. The number of alkyl halides is 3. The molecule has 0 aliphatic rings. The Morgan fingerprint density at radius 3 is 2.27 bits per heavy atom. The Morgan fingerprint density at radius 1 is 1.12 bits per heavy atom. The maximum atomic E-state index is 12.0. The monoisotopic (exact) mass is 396 g/mol. The molecule has 0 radical (unpaired) electrons. The fourth-order valence-corrected chi connectivity index (χ4v) is 2.33. The lowest BCUT2D eigenvalue weighted by Crippen LogP contribution is -2.41. The molecule has 0 aromatic heterocycles. The van der Waals surface area contributed by atoms with Crippen LogP contribution in [0.2, 0.25) is 0 Å². The van der Waals surface area contributed by atoms with Crippen LogP contribution in [0.1, 0.15) is 11.1 Å². The van der Waals surface area contributed by atoms with Crippen molar-refractivity contribution in [2.75, 3.05) is 33.0 Å². The first-order valence-electron chi connectivity index (χ1n) is 7.70. The molecule has 11 heteroatoms. The van der Waals surface area contributed by atoms with E-state index in [2.05, 4.69) is 25.1 Å². The first-order valence-corrected chi connectivity index (χ1v) is 9.59. The third-order valence-electron chi connectivity index (χ3n) is 3.02. The number of guanidine groups is 1. The molecule has 26 heavy (non-hydrogen) atoms. The molecule has 1 aromatic carbocycles. The maximum Gasteiger partial charge on any atom is 0.411 e. The molecule has 0 aliphatic carbocycles. The average Bonchev–Trinajstić information content (AvgIpc) is 2.53. The summed E-state index contributed by atoms with van der Waals surface area (Å²) in [4.78, 5) is 4.01. The number of sulfonamides is 1. The molecule has 0 bridgehead atoms. The van der Waals surface area contributed by atoms with Gasteiger partial charge in [-0.1, -0.05) is 24.3 Å². The van der Waals surface area contributed by atoms with Crippen LogP contribution in [0, 0.1) is 0 Å². The lowest BCUT2D eigenvalue weighted by atomic mass is 10.1. The van der Waals surface area contributed by atoms with Gasteiger partial charge in [0.25, 0.3) is 0 Å². The number of aliphatic imine (C=N–C) groups is 1. The Labute approximate surface area is 151 Å². The Balaban J connectivity index is 2.34. The minimum atomic E-state index is -4.33. The van der Waals surface area contributed by atoms with Crippen LogP contribution < -0.4 is 15.4 Å². The molecule has 0 unspecified atom stereocenters. The smallest absolute Gasteiger partial charge is 0.367 e. The molecule has 0 saturated carbocycles. The Bertz CT molecular complexity index is 676. The Hall–Kier alpha value is -1.85. The van der Waals surface area contributed by atoms with Gasteiger partial charge < -0.3 is 15.4 Å². The van der Waals surface area contributed by atoms with Crippen LogP contribution in [0.4, 0.5) is 13.2 Å². The zero-order valence-corrected chi connectivity index (χ0v) is 15.4. The second-order valence-electron chi connectivity index (χ2n) is 5.44. The van der Waals surface area contributed by atoms with E-state index in [-0.39, 0.29) is 13.2 Å². The molecule has 0 spiro atoms. The van der Waals surface area contributed by atoms with Gasteiger partial charge in [-0.25, -0.2) is 13.1 Å². The molecule has 0 atom stereocenters. The van der Waals surface area contributed by atoms with Crippen molar-refractivity contribution in [3.05, 3.63) is 35.4 Å². The van der Waals surface area contributed by atoms with Crippen LogP contribution in [0.15, 0.2) is 29.3 Å². The van der Waals surface area contributed by atoms with Crippen molar-refractivity contribution in [1.29, 1.82) is 0 Å². The Morgan fingerprint density at radius 2 is 1.73 bits per heavy atom. The van der Waals surface area contributed by atoms with E-state index in [4.69, 9.17) is 0 Å². The van der Waals surface area contributed by atoms with Gasteiger partial charge in [0.15, 0.2) is 5.96 Å². The molecule has 1 rings (SSSR count). The van der Waals surface area contributed by atoms with Crippen molar-refractivity contribution < 1.29 is 26.3 Å². The van der Waals surface area contributed by atoms with Gasteiger partial charge in [-0.3, -0.25) is 4.99 Å². The predicted octanol–water partition coefficient (Wildman–Crippen LogP) is 0.980. The summed E-state index contributed by atoms with van der Waals surface area (Å²) >= 11 is 0. The van der Waals surface area contributed by atoms with Crippen molar-refractivity contribution in [2.24, 2.45) is 4.99 Å². The second-order valence-corrected chi connectivity index (χ2v) is 7.28. The standard InChI is InChI=1S/C15H23F3N4O3S/c1-19-14(20-7-8-22-26(2,23)24)21-9-12-3-5-13(6-4-12)10-25-11-15(16,17)18/h3-6,22H,7-11H2,1-2H3,(H2,19,20,21). The molecule has 0 amide bonds. The first kappa shape index (κ1) is 22.2. The molecule has 0 heterocycles. The molecule has 1 aromatic rings. The molecule has 7 nitrogen and oxygen atoms in total. The number of hydrogen-bond donors (Lipinski definition) is 3. The van der Waals surface area contributed by atoms with Crippen molar-refractivity contribution in [2.45, 2.75) is 19.3 Å². The third-order valence-corrected chi connectivity index (χ3v) is 3.75. The quantitative estimate of drug-likeness (QED) is 0.329. The molecule has 3 N–H and O–H groups in total. The number of hydrogen-bond acceptors (Lipinski definition) is 4. The van der Waals surface area contributed by atoms with E-state index < -0.39 is 22.8 Å². The summed E-state index contributed by atoms with van der Waals surface area (Å²) in [6, 6.07) is 6.94. The number of benzene rings is 1. The highest BCUT2D eigenvalue weighted by atomic mass is 32.2. The summed E-state index contributed by atoms with van der Waals surface area (Å²) < 4.78 is 64.9. The summed E-state index contributed by atoms with van der Waals surface area (Å²) in [6.45, 7) is -0.340. The van der Waals surface area contributed by atoms with E-state index in [9.17, 15) is 21.6 Å². The molecule has 148 valence electrons. The van der Waals surface area contributed by atoms with Gasteiger partial charge in [0.05, 0.1) is 12.9 Å². The average molecular weight is 396 g/mol. The second kappa shape index (κ2) is 10.3. The van der Waals surface area contributed by atoms with Crippen LogP contribution in [0.5, 0.6) is 0 Å². The van der Waals surface area contributed by atoms with Crippen molar-refractivity contribution in [3.8, 4) is 0 Å². The summed E-state index contributed by atoms with van der Waals surface area (Å²) in [5.74, 6) is 0.498. The van der Waals surface area contributed by atoms with Gasteiger partial charge in [0.1, 0.15) is 6.61 Å². The number of halogens is 3. The lowest BCUT2D eigenvalue weighted by molar-refractivity contribution is -0.176. The van der Waals surface area contributed by atoms with E-state index in [1.54, 1.807) is 31.3 Å². The summed E-state index contributed by atoms with van der Waals surface area (Å²) in [5.41, 5.74) is 1.55. The number of nitrogens with zero attached hydrogens (tertiary/aromatic N) is 1. The molecule has 0 aliphatic heterocycles. The molecule has 0 saturated heterocycles. The van der Waals surface area contributed by atoms with Crippen molar-refractivity contribution in [3.63, 3.8) is 0 Å². The van der Waals surface area contributed by atoms with Gasteiger partial charge in [0, 0.05) is 26.7 Å². The highest BCUT2D eigenvalue weighted by Gasteiger charge is 2.27. The molecular weight excluding hydrogens is 373 g/mol. The van der Waals surface area contributed by atoms with Gasteiger partial charge in [-0.05, 0) is 11.1 Å². The fourth-order valence-electron chi connectivity index (χ4n) is 1.86. The maximum absolute atomic E-state index is 12.0. The van der Waals surface area contributed by atoms with E-state index in [1.807, 2.05) is 0 Å². The predicted molar refractivity (Wildman–Crippen MR) is 93.2 cm³/mol. The van der Waals surface area contributed by atoms with Crippen LogP contribution in [0.25, 0.3) is 0 Å². The van der Waals surface area contributed by atoms with Crippen LogP contribution in [-0.2, 0) is 27.9 Å². The number of ether oxygens (including phenoxy) is 1. The fraction of sp³-hybridized carbons (Fsp3) is 0.533. The van der Waals surface area contributed by atoms with E-state index in [0.29, 0.717) is 24.6 Å². The zero-order valence-electron chi connectivity index (χ0n) is 14.6.